The van der Waals surface area contributed by atoms with Crippen LogP contribution in [0, 0.1) is 0 Å². The molecule has 0 unspecified atom stereocenters. The number of benzene rings is 2. The Morgan fingerprint density at radius 3 is 2.59 bits per heavy atom. The number of methoxy groups -OCH3 is 2. The van der Waals surface area contributed by atoms with Gasteiger partial charge in [0.2, 0.25) is 17.0 Å². The van der Waals surface area contributed by atoms with Crippen LogP contribution in [0.1, 0.15) is 24.8 Å². The van der Waals surface area contributed by atoms with Gasteiger partial charge in [-0.1, -0.05) is 29.5 Å². The zero-order valence-electron chi connectivity index (χ0n) is 22.3. The molecule has 0 saturated carbocycles. The van der Waals surface area contributed by atoms with Crippen LogP contribution in [-0.4, -0.2) is 72.0 Å². The zero-order chi connectivity index (χ0) is 27.0. The number of hydrogen-bond acceptors (Lipinski definition) is 11. The molecule has 1 aliphatic rings. The largest absolute Gasteiger partial charge is 0.493 e. The maximum atomic E-state index is 6.19. The van der Waals surface area contributed by atoms with Crippen molar-refractivity contribution >= 4 is 23.2 Å². The van der Waals surface area contributed by atoms with E-state index in [1.807, 2.05) is 42.5 Å². The van der Waals surface area contributed by atoms with E-state index in [0.717, 1.165) is 66.7 Å². The quantitative estimate of drug-likeness (QED) is 0.253. The van der Waals surface area contributed by atoms with Gasteiger partial charge in [-0.25, -0.2) is 0 Å². The maximum absolute atomic E-state index is 6.19. The summed E-state index contributed by atoms with van der Waals surface area (Å²) in [6, 6.07) is 13.8. The van der Waals surface area contributed by atoms with Crippen LogP contribution >= 0.6 is 11.3 Å². The molecule has 1 fully saturated rings. The summed E-state index contributed by atoms with van der Waals surface area (Å²) in [5, 5.41) is 18.1. The van der Waals surface area contributed by atoms with Crippen molar-refractivity contribution in [3.05, 3.63) is 48.0 Å². The van der Waals surface area contributed by atoms with Gasteiger partial charge in [-0.05, 0) is 62.1 Å². The Hall–Kier alpha value is -3.90. The maximum Gasteiger partial charge on any atom is 0.247 e. The number of piperidine rings is 1. The van der Waals surface area contributed by atoms with Gasteiger partial charge in [-0.15, -0.1) is 15.3 Å². The van der Waals surface area contributed by atoms with Gasteiger partial charge in [0.05, 0.1) is 19.8 Å². The van der Waals surface area contributed by atoms with Gasteiger partial charge in [-0.3, -0.25) is 0 Å². The normalized spacial score (nSPS) is 13.4. The predicted octanol–water partition coefficient (Wildman–Crippen LogP) is 3.59. The second kappa shape index (κ2) is 12.8. The fraction of sp³-hybridized carbons (Fsp3) is 0.407. The molecule has 206 valence electrons. The van der Waals surface area contributed by atoms with E-state index in [-0.39, 0.29) is 0 Å². The first-order valence-electron chi connectivity index (χ1n) is 13.1. The predicted molar refractivity (Wildman–Crippen MR) is 152 cm³/mol. The molecular weight excluding hydrogens is 516 g/mol. The van der Waals surface area contributed by atoms with Gasteiger partial charge in [0.1, 0.15) is 12.4 Å². The van der Waals surface area contributed by atoms with Gasteiger partial charge in [0.15, 0.2) is 16.5 Å². The molecule has 0 amide bonds. The SMILES string of the molecule is COc1ccc(CCNCCOc2ccccc2-c2nnc(-n3nc(N4CCCCC4)nc3N)s2)cc1OC. The Balaban J connectivity index is 1.16. The smallest absolute Gasteiger partial charge is 0.247 e. The highest BCUT2D eigenvalue weighted by Crippen LogP contribution is 2.33. The number of anilines is 2. The van der Waals surface area contributed by atoms with E-state index >= 15 is 0 Å². The standard InChI is InChI=1S/C27H34N8O3S/c1-36-22-11-10-19(18-23(22)37-2)12-13-29-14-17-38-21-9-5-4-8-20(21)24-31-32-27(39-24)35-25(28)30-26(33-35)34-15-6-3-7-16-34/h4-5,8-11,18,29H,3,6-7,12-17H2,1-2H3,(H2,28,30,33). The van der Waals surface area contributed by atoms with Crippen LogP contribution in [0.15, 0.2) is 42.5 Å². The number of rotatable bonds is 12. The molecule has 0 spiro atoms. The number of hydrogen-bond donors (Lipinski definition) is 2. The molecule has 1 saturated heterocycles. The van der Waals surface area contributed by atoms with Crippen molar-refractivity contribution in [2.24, 2.45) is 0 Å². The van der Waals surface area contributed by atoms with Crippen molar-refractivity contribution in [1.29, 1.82) is 0 Å². The molecule has 0 radical (unpaired) electrons. The van der Waals surface area contributed by atoms with E-state index in [1.165, 1.54) is 23.3 Å². The summed E-state index contributed by atoms with van der Waals surface area (Å²) in [6.07, 6.45) is 4.39. The molecule has 0 bridgehead atoms. The minimum atomic E-state index is 0.307. The highest BCUT2D eigenvalue weighted by atomic mass is 32.1. The van der Waals surface area contributed by atoms with E-state index < -0.39 is 0 Å². The minimum Gasteiger partial charge on any atom is -0.493 e. The zero-order valence-corrected chi connectivity index (χ0v) is 23.1. The van der Waals surface area contributed by atoms with Crippen molar-refractivity contribution in [1.82, 2.24) is 30.3 Å². The van der Waals surface area contributed by atoms with E-state index in [2.05, 4.69) is 30.5 Å². The van der Waals surface area contributed by atoms with Crippen LogP contribution in [0.5, 0.6) is 17.2 Å². The van der Waals surface area contributed by atoms with Gasteiger partial charge < -0.3 is 30.2 Å². The van der Waals surface area contributed by atoms with Crippen LogP contribution in [0.2, 0.25) is 0 Å². The van der Waals surface area contributed by atoms with E-state index in [4.69, 9.17) is 19.9 Å². The molecule has 11 nitrogen and oxygen atoms in total. The number of aromatic nitrogens is 5. The number of nitrogens with zero attached hydrogens (tertiary/aromatic N) is 6. The molecule has 2 aromatic heterocycles. The highest BCUT2D eigenvalue weighted by Gasteiger charge is 2.20. The summed E-state index contributed by atoms with van der Waals surface area (Å²) in [5.41, 5.74) is 8.24. The van der Waals surface area contributed by atoms with E-state index in [9.17, 15) is 0 Å². The summed E-state index contributed by atoms with van der Waals surface area (Å²) in [4.78, 5) is 6.63. The van der Waals surface area contributed by atoms with Crippen molar-refractivity contribution < 1.29 is 14.2 Å². The number of ether oxygens (including phenoxy) is 3. The van der Waals surface area contributed by atoms with E-state index in [1.54, 1.807) is 18.9 Å². The Morgan fingerprint density at radius 2 is 1.77 bits per heavy atom. The first-order chi connectivity index (χ1) is 19.2. The molecule has 3 N–H and O–H groups in total. The van der Waals surface area contributed by atoms with Gasteiger partial charge in [-0.2, -0.15) is 9.67 Å². The molecule has 2 aromatic carbocycles. The summed E-state index contributed by atoms with van der Waals surface area (Å²) >= 11 is 1.40. The number of nitrogen functional groups attached to an aromatic ring is 1. The molecule has 4 aromatic rings. The van der Waals surface area contributed by atoms with Gasteiger partial charge in [0, 0.05) is 19.6 Å². The fourth-order valence-corrected chi connectivity index (χ4v) is 5.32. The molecule has 39 heavy (non-hydrogen) atoms. The summed E-state index contributed by atoms with van der Waals surface area (Å²) in [6.45, 7) is 3.93. The average Bonchev–Trinajstić information content (AvgIpc) is 3.62. The van der Waals surface area contributed by atoms with Gasteiger partial charge >= 0.3 is 0 Å². The lowest BCUT2D eigenvalue weighted by Gasteiger charge is -2.24. The molecule has 0 aliphatic carbocycles. The lowest BCUT2D eigenvalue weighted by Crippen LogP contribution is -2.30. The highest BCUT2D eigenvalue weighted by molar-refractivity contribution is 7.17. The monoisotopic (exact) mass is 550 g/mol. The molecule has 3 heterocycles. The Kier molecular flexibility index (Phi) is 8.74. The molecule has 5 rings (SSSR count). The minimum absolute atomic E-state index is 0.307. The third-order valence-electron chi connectivity index (χ3n) is 6.55. The van der Waals surface area contributed by atoms with Crippen molar-refractivity contribution in [2.45, 2.75) is 25.7 Å². The first kappa shape index (κ1) is 26.7. The Morgan fingerprint density at radius 1 is 0.949 bits per heavy atom. The molecule has 1 aliphatic heterocycles. The van der Waals surface area contributed by atoms with Crippen molar-refractivity contribution in [3.63, 3.8) is 0 Å². The molecular formula is C27H34N8O3S. The number of nitrogens with two attached hydrogens (primary N) is 1. The fourth-order valence-electron chi connectivity index (χ4n) is 4.49. The molecule has 0 atom stereocenters. The van der Waals surface area contributed by atoms with Crippen LogP contribution in [-0.2, 0) is 6.42 Å². The second-order valence-corrected chi connectivity index (χ2v) is 10.1. The number of nitrogens with one attached hydrogen (secondary N) is 1. The van der Waals surface area contributed by atoms with Crippen LogP contribution in [0.3, 0.4) is 0 Å². The molecule has 12 heteroatoms. The summed E-state index contributed by atoms with van der Waals surface area (Å²) in [5.74, 6) is 3.18. The second-order valence-electron chi connectivity index (χ2n) is 9.15. The van der Waals surface area contributed by atoms with Gasteiger partial charge in [0.25, 0.3) is 0 Å². The van der Waals surface area contributed by atoms with Crippen LogP contribution < -0.4 is 30.2 Å². The lowest BCUT2D eigenvalue weighted by molar-refractivity contribution is 0.315. The van der Waals surface area contributed by atoms with Crippen LogP contribution in [0.4, 0.5) is 11.9 Å². The topological polar surface area (TPSA) is 125 Å². The first-order valence-corrected chi connectivity index (χ1v) is 13.9. The summed E-state index contributed by atoms with van der Waals surface area (Å²) < 4.78 is 18.4. The lowest BCUT2D eigenvalue weighted by atomic mass is 10.1. The van der Waals surface area contributed by atoms with Crippen molar-refractivity contribution in [3.8, 4) is 33.0 Å². The van der Waals surface area contributed by atoms with Crippen LogP contribution in [0.25, 0.3) is 15.7 Å². The number of para-hydroxylation sites is 1. The summed E-state index contributed by atoms with van der Waals surface area (Å²) in [7, 11) is 3.29. The Labute approximate surface area is 231 Å². The van der Waals surface area contributed by atoms with Crippen molar-refractivity contribution in [2.75, 3.05) is 57.6 Å². The third-order valence-corrected chi connectivity index (χ3v) is 7.48. The van der Waals surface area contributed by atoms with E-state index in [0.29, 0.717) is 30.2 Å². The third kappa shape index (κ3) is 6.40. The average molecular weight is 551 g/mol. The Bertz CT molecular complexity index is 1370.